The molecule has 68 valence electrons. The highest BCUT2D eigenvalue weighted by Gasteiger charge is 2.31. The molecule has 0 aromatic carbocycles. The van der Waals surface area contributed by atoms with Crippen molar-refractivity contribution in [3.63, 3.8) is 0 Å². The fourth-order valence-corrected chi connectivity index (χ4v) is 1.45. The smallest absolute Gasteiger partial charge is 0.223 e. The van der Waals surface area contributed by atoms with Crippen LogP contribution in [0.2, 0.25) is 0 Å². The first-order chi connectivity index (χ1) is 5.52. The number of rotatable bonds is 1. The van der Waals surface area contributed by atoms with Crippen molar-refractivity contribution < 1.29 is 9.90 Å². The molecular weight excluding hydrogens is 154 g/mol. The first-order valence-electron chi connectivity index (χ1n) is 4.16. The molecule has 2 N–H and O–H groups in total. The molecule has 3 nitrogen and oxygen atoms in total. The SMILES string of the molecule is C=C(C)[C@H]1NC(=O)[C@H](C)C[C@@H]1O. The highest BCUT2D eigenvalue weighted by molar-refractivity contribution is 5.80. The Labute approximate surface area is 72.5 Å². The molecule has 0 unspecified atom stereocenters. The molecular formula is C9H15NO2. The molecule has 12 heavy (non-hydrogen) atoms. The van der Waals surface area contributed by atoms with E-state index in [1.165, 1.54) is 0 Å². The summed E-state index contributed by atoms with van der Waals surface area (Å²) in [6.45, 7) is 7.34. The molecule has 1 rings (SSSR count). The topological polar surface area (TPSA) is 49.3 Å². The van der Waals surface area contributed by atoms with Gasteiger partial charge >= 0.3 is 0 Å². The second-order valence-corrected chi connectivity index (χ2v) is 3.54. The van der Waals surface area contributed by atoms with E-state index in [0.717, 1.165) is 5.57 Å². The van der Waals surface area contributed by atoms with Crippen molar-refractivity contribution in [2.24, 2.45) is 5.92 Å². The number of carbonyl (C=O) groups excluding carboxylic acids is 1. The van der Waals surface area contributed by atoms with Gasteiger partial charge in [0.1, 0.15) is 0 Å². The van der Waals surface area contributed by atoms with E-state index < -0.39 is 6.10 Å². The molecule has 1 fully saturated rings. The highest BCUT2D eigenvalue weighted by Crippen LogP contribution is 2.18. The molecule has 0 radical (unpaired) electrons. The minimum absolute atomic E-state index is 0.00769. The van der Waals surface area contributed by atoms with E-state index in [1.54, 1.807) is 0 Å². The van der Waals surface area contributed by atoms with Gasteiger partial charge < -0.3 is 10.4 Å². The van der Waals surface area contributed by atoms with E-state index in [0.29, 0.717) is 6.42 Å². The van der Waals surface area contributed by atoms with Crippen molar-refractivity contribution in [3.8, 4) is 0 Å². The van der Waals surface area contributed by atoms with Crippen molar-refractivity contribution in [1.82, 2.24) is 5.32 Å². The second kappa shape index (κ2) is 3.27. The van der Waals surface area contributed by atoms with E-state index in [-0.39, 0.29) is 17.9 Å². The molecule has 0 aromatic rings. The van der Waals surface area contributed by atoms with Crippen LogP contribution < -0.4 is 5.32 Å². The number of aliphatic hydroxyl groups excluding tert-OH is 1. The second-order valence-electron chi connectivity index (χ2n) is 3.54. The summed E-state index contributed by atoms with van der Waals surface area (Å²) in [4.78, 5) is 11.2. The number of amides is 1. The number of aliphatic hydroxyl groups is 1. The maximum atomic E-state index is 11.2. The Kier molecular flexibility index (Phi) is 2.52. The molecule has 0 spiro atoms. The Hall–Kier alpha value is -0.830. The fourth-order valence-electron chi connectivity index (χ4n) is 1.45. The maximum Gasteiger partial charge on any atom is 0.223 e. The molecule has 0 bridgehead atoms. The van der Waals surface area contributed by atoms with Crippen molar-refractivity contribution >= 4 is 5.91 Å². The average molecular weight is 169 g/mol. The van der Waals surface area contributed by atoms with Crippen LogP contribution in [0.3, 0.4) is 0 Å². The van der Waals surface area contributed by atoms with Gasteiger partial charge in [-0.1, -0.05) is 19.1 Å². The molecule has 0 aromatic heterocycles. The molecule has 1 aliphatic heterocycles. The minimum atomic E-state index is -0.477. The van der Waals surface area contributed by atoms with Crippen molar-refractivity contribution in [2.45, 2.75) is 32.4 Å². The third kappa shape index (κ3) is 1.67. The van der Waals surface area contributed by atoms with Gasteiger partial charge in [-0.25, -0.2) is 0 Å². The molecule has 1 heterocycles. The van der Waals surface area contributed by atoms with Gasteiger partial charge in [0.2, 0.25) is 5.91 Å². The predicted octanol–water partition coefficient (Wildman–Crippen LogP) is 0.448. The highest BCUT2D eigenvalue weighted by atomic mass is 16.3. The van der Waals surface area contributed by atoms with Gasteiger partial charge in [-0.2, -0.15) is 0 Å². The minimum Gasteiger partial charge on any atom is -0.391 e. The van der Waals surface area contributed by atoms with Crippen LogP contribution in [0.5, 0.6) is 0 Å². The van der Waals surface area contributed by atoms with Crippen molar-refractivity contribution in [3.05, 3.63) is 12.2 Å². The quantitative estimate of drug-likeness (QED) is 0.560. The van der Waals surface area contributed by atoms with E-state index >= 15 is 0 Å². The number of piperidine rings is 1. The molecule has 0 aliphatic carbocycles. The van der Waals surface area contributed by atoms with Crippen LogP contribution >= 0.6 is 0 Å². The van der Waals surface area contributed by atoms with Gasteiger partial charge in [0.05, 0.1) is 12.1 Å². The number of hydrogen-bond acceptors (Lipinski definition) is 2. The zero-order chi connectivity index (χ0) is 9.30. The van der Waals surface area contributed by atoms with Crippen molar-refractivity contribution in [2.75, 3.05) is 0 Å². The number of carbonyl (C=O) groups is 1. The van der Waals surface area contributed by atoms with Crippen LogP contribution in [-0.2, 0) is 4.79 Å². The normalized spacial score (nSPS) is 35.9. The summed E-state index contributed by atoms with van der Waals surface area (Å²) in [6.07, 6.45) is 0.0544. The molecule has 1 saturated heterocycles. The number of hydrogen-bond donors (Lipinski definition) is 2. The standard InChI is InChI=1S/C9H15NO2/c1-5(2)8-7(11)4-6(3)9(12)10-8/h6-8,11H,1,4H2,2-3H3,(H,10,12)/t6-,7+,8-/m1/s1. The van der Waals surface area contributed by atoms with Crippen molar-refractivity contribution in [1.29, 1.82) is 0 Å². The zero-order valence-electron chi connectivity index (χ0n) is 7.50. The Morgan fingerprint density at radius 2 is 2.33 bits per heavy atom. The zero-order valence-corrected chi connectivity index (χ0v) is 7.50. The molecule has 3 atom stereocenters. The van der Waals surface area contributed by atoms with E-state index in [4.69, 9.17) is 0 Å². The third-order valence-electron chi connectivity index (χ3n) is 2.26. The lowest BCUT2D eigenvalue weighted by Gasteiger charge is -2.32. The lowest BCUT2D eigenvalue weighted by Crippen LogP contribution is -2.51. The van der Waals surface area contributed by atoms with Gasteiger partial charge in [0.15, 0.2) is 0 Å². The first-order valence-corrected chi connectivity index (χ1v) is 4.16. The summed E-state index contributed by atoms with van der Waals surface area (Å²) < 4.78 is 0. The van der Waals surface area contributed by atoms with Crippen LogP contribution in [0.1, 0.15) is 20.3 Å². The number of nitrogens with one attached hydrogen (secondary N) is 1. The summed E-state index contributed by atoms with van der Waals surface area (Å²) in [6, 6.07) is -0.256. The Morgan fingerprint density at radius 1 is 1.75 bits per heavy atom. The Balaban J connectivity index is 2.68. The van der Waals surface area contributed by atoms with Gasteiger partial charge in [0, 0.05) is 5.92 Å². The van der Waals surface area contributed by atoms with Crippen LogP contribution in [0.4, 0.5) is 0 Å². The molecule has 3 heteroatoms. The Bertz CT molecular complexity index is 213. The first kappa shape index (κ1) is 9.26. The summed E-state index contributed by atoms with van der Waals surface area (Å²) in [7, 11) is 0. The third-order valence-corrected chi connectivity index (χ3v) is 2.26. The van der Waals surface area contributed by atoms with E-state index in [2.05, 4.69) is 11.9 Å². The summed E-state index contributed by atoms with van der Waals surface area (Å²) in [5.41, 5.74) is 0.808. The lowest BCUT2D eigenvalue weighted by molar-refractivity contribution is -0.129. The summed E-state index contributed by atoms with van der Waals surface area (Å²) in [5.74, 6) is -0.0797. The predicted molar refractivity (Wildman–Crippen MR) is 46.5 cm³/mol. The summed E-state index contributed by atoms with van der Waals surface area (Å²) in [5, 5.41) is 12.3. The Morgan fingerprint density at radius 3 is 2.83 bits per heavy atom. The largest absolute Gasteiger partial charge is 0.391 e. The fraction of sp³-hybridized carbons (Fsp3) is 0.667. The maximum absolute atomic E-state index is 11.2. The van der Waals surface area contributed by atoms with Crippen LogP contribution in [0, 0.1) is 5.92 Å². The van der Waals surface area contributed by atoms with E-state index in [1.807, 2.05) is 13.8 Å². The van der Waals surface area contributed by atoms with Crippen LogP contribution in [-0.4, -0.2) is 23.2 Å². The van der Waals surface area contributed by atoms with Crippen LogP contribution in [0.15, 0.2) is 12.2 Å². The summed E-state index contributed by atoms with van der Waals surface area (Å²) >= 11 is 0. The van der Waals surface area contributed by atoms with Crippen LogP contribution in [0.25, 0.3) is 0 Å². The van der Waals surface area contributed by atoms with Gasteiger partial charge in [-0.05, 0) is 13.3 Å². The average Bonchev–Trinajstić information content (AvgIpc) is 1.96. The monoisotopic (exact) mass is 169 g/mol. The van der Waals surface area contributed by atoms with Gasteiger partial charge in [0.25, 0.3) is 0 Å². The molecule has 1 amide bonds. The molecule has 1 aliphatic rings. The lowest BCUT2D eigenvalue weighted by atomic mass is 9.90. The van der Waals surface area contributed by atoms with E-state index in [9.17, 15) is 9.90 Å². The van der Waals surface area contributed by atoms with Gasteiger partial charge in [-0.15, -0.1) is 0 Å². The van der Waals surface area contributed by atoms with Gasteiger partial charge in [-0.3, -0.25) is 4.79 Å². The molecule has 0 saturated carbocycles.